The Morgan fingerprint density at radius 2 is 1.97 bits per heavy atom. The number of aryl methyl sites for hydroxylation is 1. The summed E-state index contributed by atoms with van der Waals surface area (Å²) in [4.78, 5) is 26.6. The summed E-state index contributed by atoms with van der Waals surface area (Å²) in [5, 5.41) is 10.5. The second-order valence-electron chi connectivity index (χ2n) is 8.61. The molecule has 0 radical (unpaired) electrons. The van der Waals surface area contributed by atoms with E-state index in [-0.39, 0.29) is 17.8 Å². The first kappa shape index (κ1) is 22.1. The fourth-order valence-electron chi connectivity index (χ4n) is 4.98. The minimum Gasteiger partial charge on any atom is -0.480 e. The zero-order chi connectivity index (χ0) is 22.8. The molecule has 1 aliphatic rings. The molecule has 1 N–H and O–H groups in total. The lowest BCUT2D eigenvalue weighted by Crippen LogP contribution is -2.41. The molecular weight excluding hydrogens is 407 g/mol. The van der Waals surface area contributed by atoms with Gasteiger partial charge in [-0.05, 0) is 61.4 Å². The third kappa shape index (κ3) is 4.14. The Bertz CT molecular complexity index is 1140. The molecule has 4 rings (SSSR count). The molecule has 32 heavy (non-hydrogen) atoms. The number of hydrogen-bond donors (Lipinski definition) is 1. The Kier molecular flexibility index (Phi) is 6.31. The fourth-order valence-corrected chi connectivity index (χ4v) is 4.98. The summed E-state index contributed by atoms with van der Waals surface area (Å²) in [6, 6.07) is 13.8. The number of aromatic nitrogens is 1. The van der Waals surface area contributed by atoms with Crippen LogP contribution in [0.1, 0.15) is 49.0 Å². The van der Waals surface area contributed by atoms with E-state index in [2.05, 4.69) is 0 Å². The molecule has 1 heterocycles. The Hall–Kier alpha value is -3.15. The number of carbonyl (C=O) groups is 2. The molecule has 2 aromatic carbocycles. The third-order valence-corrected chi connectivity index (χ3v) is 6.73. The van der Waals surface area contributed by atoms with Crippen LogP contribution in [0.4, 0.5) is 4.39 Å². The molecule has 6 heteroatoms. The molecule has 1 aliphatic carbocycles. The zero-order valence-electron chi connectivity index (χ0n) is 18.6. The number of rotatable bonds is 7. The van der Waals surface area contributed by atoms with E-state index in [1.807, 2.05) is 53.8 Å². The molecule has 0 spiro atoms. The van der Waals surface area contributed by atoms with Crippen LogP contribution in [-0.2, 0) is 28.9 Å². The highest BCUT2D eigenvalue weighted by atomic mass is 19.1. The van der Waals surface area contributed by atoms with Gasteiger partial charge in [0.1, 0.15) is 11.9 Å². The summed E-state index contributed by atoms with van der Waals surface area (Å²) in [7, 11) is 1.84. The van der Waals surface area contributed by atoms with Gasteiger partial charge in [-0.1, -0.05) is 37.3 Å². The van der Waals surface area contributed by atoms with Crippen molar-refractivity contribution < 1.29 is 19.1 Å². The monoisotopic (exact) mass is 436 g/mol. The van der Waals surface area contributed by atoms with Crippen LogP contribution in [-0.4, -0.2) is 39.5 Å². The Morgan fingerprint density at radius 1 is 1.22 bits per heavy atom. The minimum absolute atomic E-state index is 0.0120. The van der Waals surface area contributed by atoms with Gasteiger partial charge in [0.15, 0.2) is 0 Å². The molecule has 0 aliphatic heterocycles. The van der Waals surface area contributed by atoms with E-state index in [1.54, 1.807) is 6.07 Å². The van der Waals surface area contributed by atoms with Crippen LogP contribution in [0, 0.1) is 5.82 Å². The van der Waals surface area contributed by atoms with Crippen LogP contribution in [0.5, 0.6) is 0 Å². The maximum atomic E-state index is 14.1. The van der Waals surface area contributed by atoms with Crippen LogP contribution in [0.25, 0.3) is 10.9 Å². The predicted octanol–water partition coefficient (Wildman–Crippen LogP) is 4.76. The zero-order valence-corrected chi connectivity index (χ0v) is 18.6. The SMILES string of the molecule is CCC(C(=O)O)n1c2c(c3cc(F)ccc31)C[C@@H](N(C)C(=O)CCc1ccccc1)CC2. The number of carbonyl (C=O) groups excluding carboxylic acids is 1. The van der Waals surface area contributed by atoms with Gasteiger partial charge in [0.25, 0.3) is 0 Å². The number of fused-ring (bicyclic) bond motifs is 3. The van der Waals surface area contributed by atoms with Gasteiger partial charge in [0, 0.05) is 36.1 Å². The second kappa shape index (κ2) is 9.15. The summed E-state index contributed by atoms with van der Waals surface area (Å²) in [6.07, 6.45) is 3.61. The molecule has 1 amide bonds. The highest BCUT2D eigenvalue weighted by molar-refractivity contribution is 5.88. The number of amides is 1. The van der Waals surface area contributed by atoms with Crippen molar-refractivity contribution in [3.8, 4) is 0 Å². The number of halogens is 1. The minimum atomic E-state index is -0.883. The molecule has 3 aromatic rings. The average Bonchev–Trinajstić information content (AvgIpc) is 3.10. The summed E-state index contributed by atoms with van der Waals surface area (Å²) in [5.74, 6) is -1.13. The van der Waals surface area contributed by atoms with Gasteiger partial charge in [0.2, 0.25) is 5.91 Å². The van der Waals surface area contributed by atoms with Crippen LogP contribution in [0.2, 0.25) is 0 Å². The number of benzene rings is 2. The van der Waals surface area contributed by atoms with Crippen molar-refractivity contribution in [1.82, 2.24) is 9.47 Å². The van der Waals surface area contributed by atoms with Crippen LogP contribution in [0.15, 0.2) is 48.5 Å². The van der Waals surface area contributed by atoms with E-state index in [1.165, 1.54) is 12.1 Å². The predicted molar refractivity (Wildman–Crippen MR) is 122 cm³/mol. The van der Waals surface area contributed by atoms with Crippen molar-refractivity contribution in [2.45, 2.75) is 57.5 Å². The smallest absolute Gasteiger partial charge is 0.326 e. The topological polar surface area (TPSA) is 62.5 Å². The number of nitrogens with zero attached hydrogens (tertiary/aromatic N) is 2. The summed E-state index contributed by atoms with van der Waals surface area (Å²) >= 11 is 0. The average molecular weight is 437 g/mol. The molecule has 1 aromatic heterocycles. The largest absolute Gasteiger partial charge is 0.480 e. The van der Waals surface area contributed by atoms with Crippen molar-refractivity contribution in [1.29, 1.82) is 0 Å². The lowest BCUT2D eigenvalue weighted by molar-refractivity contribution is -0.141. The van der Waals surface area contributed by atoms with Gasteiger partial charge in [-0.2, -0.15) is 0 Å². The van der Waals surface area contributed by atoms with E-state index in [0.29, 0.717) is 32.1 Å². The number of carboxylic acid groups (broad SMARTS) is 1. The van der Waals surface area contributed by atoms with E-state index >= 15 is 0 Å². The van der Waals surface area contributed by atoms with E-state index in [0.717, 1.165) is 34.1 Å². The van der Waals surface area contributed by atoms with Gasteiger partial charge in [-0.25, -0.2) is 9.18 Å². The summed E-state index contributed by atoms with van der Waals surface area (Å²) in [6.45, 7) is 1.85. The quantitative estimate of drug-likeness (QED) is 0.581. The third-order valence-electron chi connectivity index (χ3n) is 6.73. The van der Waals surface area contributed by atoms with E-state index in [9.17, 15) is 19.1 Å². The first-order chi connectivity index (χ1) is 15.4. The standard InChI is InChI=1S/C26H29FN2O3/c1-3-22(26(31)32)29-23-12-10-18(27)15-20(23)21-16-19(11-13-24(21)29)28(2)25(30)14-9-17-7-5-4-6-8-17/h4-8,10,12,15,19,22H,3,9,11,13-14,16H2,1-2H3,(H,31,32)/t19-,22?/m0/s1. The maximum Gasteiger partial charge on any atom is 0.326 e. The first-order valence-corrected chi connectivity index (χ1v) is 11.2. The Morgan fingerprint density at radius 3 is 2.66 bits per heavy atom. The number of aliphatic carboxylic acids is 1. The van der Waals surface area contributed by atoms with Crippen LogP contribution in [0.3, 0.4) is 0 Å². The van der Waals surface area contributed by atoms with Crippen molar-refractivity contribution in [3.63, 3.8) is 0 Å². The second-order valence-corrected chi connectivity index (χ2v) is 8.61. The lowest BCUT2D eigenvalue weighted by Gasteiger charge is -2.32. The van der Waals surface area contributed by atoms with Crippen LogP contribution >= 0.6 is 0 Å². The highest BCUT2D eigenvalue weighted by Crippen LogP contribution is 2.37. The van der Waals surface area contributed by atoms with Crippen molar-refractivity contribution in [2.24, 2.45) is 0 Å². The molecule has 0 saturated heterocycles. The summed E-state index contributed by atoms with van der Waals surface area (Å²) < 4.78 is 16.0. The lowest BCUT2D eigenvalue weighted by atomic mass is 9.90. The number of carboxylic acids is 1. The van der Waals surface area contributed by atoms with E-state index in [4.69, 9.17) is 0 Å². The molecule has 0 fully saturated rings. The van der Waals surface area contributed by atoms with Gasteiger partial charge >= 0.3 is 5.97 Å². The summed E-state index contributed by atoms with van der Waals surface area (Å²) in [5.41, 5.74) is 3.82. The van der Waals surface area contributed by atoms with Gasteiger partial charge in [-0.15, -0.1) is 0 Å². The van der Waals surface area contributed by atoms with Gasteiger partial charge in [-0.3, -0.25) is 4.79 Å². The van der Waals surface area contributed by atoms with E-state index < -0.39 is 12.0 Å². The maximum absolute atomic E-state index is 14.1. The molecule has 0 saturated carbocycles. The normalized spacial score (nSPS) is 16.5. The molecule has 1 unspecified atom stereocenters. The molecule has 5 nitrogen and oxygen atoms in total. The van der Waals surface area contributed by atoms with Crippen LogP contribution < -0.4 is 0 Å². The van der Waals surface area contributed by atoms with Gasteiger partial charge in [0.05, 0.1) is 0 Å². The molecular formula is C26H29FN2O3. The first-order valence-electron chi connectivity index (χ1n) is 11.2. The van der Waals surface area contributed by atoms with Gasteiger partial charge < -0.3 is 14.6 Å². The number of hydrogen-bond acceptors (Lipinski definition) is 2. The van der Waals surface area contributed by atoms with Crippen molar-refractivity contribution in [2.75, 3.05) is 7.05 Å². The highest BCUT2D eigenvalue weighted by Gasteiger charge is 2.32. The van der Waals surface area contributed by atoms with Crippen molar-refractivity contribution in [3.05, 3.63) is 71.2 Å². The molecule has 0 bridgehead atoms. The number of likely N-dealkylation sites (N-methyl/N-ethyl adjacent to an activating group) is 1. The fraction of sp³-hybridized carbons (Fsp3) is 0.385. The Labute approximate surface area is 187 Å². The molecule has 2 atom stereocenters. The Balaban J connectivity index is 1.60. The molecule has 168 valence electrons. The van der Waals surface area contributed by atoms with Crippen molar-refractivity contribution >= 4 is 22.8 Å².